The summed E-state index contributed by atoms with van der Waals surface area (Å²) >= 11 is 3.46. The second-order valence-corrected chi connectivity index (χ2v) is 8.46. The monoisotopic (exact) mass is 430 g/mol. The average Bonchev–Trinajstić information content (AvgIpc) is 3.48. The second kappa shape index (κ2) is 8.11. The van der Waals surface area contributed by atoms with Crippen LogP contribution in [0.15, 0.2) is 53.0 Å². The van der Waals surface area contributed by atoms with Crippen molar-refractivity contribution in [2.75, 3.05) is 26.2 Å². The number of carbonyl (C=O) groups is 1. The molecule has 142 valence electrons. The van der Waals surface area contributed by atoms with E-state index in [1.165, 1.54) is 11.6 Å². The average molecular weight is 431 g/mol. The number of nitrogens with zero attached hydrogens (tertiary/aromatic N) is 2. The van der Waals surface area contributed by atoms with Crippen molar-refractivity contribution in [3.05, 3.63) is 69.9 Å². The Morgan fingerprint density at radius 3 is 2.59 bits per heavy atom. The molecule has 0 N–H and O–H groups in total. The summed E-state index contributed by atoms with van der Waals surface area (Å²) in [6, 6.07) is 15.3. The van der Waals surface area contributed by atoms with Gasteiger partial charge in [0.05, 0.1) is 0 Å². The fourth-order valence-electron chi connectivity index (χ4n) is 4.00. The predicted octanol–water partition coefficient (Wildman–Crippen LogP) is 4.43. The first-order valence-electron chi connectivity index (χ1n) is 9.62. The third-order valence-electron chi connectivity index (χ3n) is 5.66. The summed E-state index contributed by atoms with van der Waals surface area (Å²) in [6.07, 6.45) is 1.89. The van der Waals surface area contributed by atoms with Crippen LogP contribution in [0.5, 0.6) is 0 Å². The topological polar surface area (TPSA) is 23.6 Å². The molecule has 2 aliphatic rings. The van der Waals surface area contributed by atoms with E-state index in [1.54, 1.807) is 6.07 Å². The molecule has 2 aromatic carbocycles. The van der Waals surface area contributed by atoms with Crippen LogP contribution in [-0.4, -0.2) is 41.9 Å². The van der Waals surface area contributed by atoms with Crippen LogP contribution in [0.25, 0.3) is 0 Å². The summed E-state index contributed by atoms with van der Waals surface area (Å²) in [5.41, 5.74) is 1.99. The minimum Gasteiger partial charge on any atom is -0.341 e. The maximum Gasteiger partial charge on any atom is 0.226 e. The van der Waals surface area contributed by atoms with E-state index in [1.807, 2.05) is 29.2 Å². The van der Waals surface area contributed by atoms with Crippen molar-refractivity contribution in [1.82, 2.24) is 9.80 Å². The molecule has 1 aliphatic carbocycles. The minimum absolute atomic E-state index is 0.129. The molecule has 0 bridgehead atoms. The van der Waals surface area contributed by atoms with E-state index in [2.05, 4.69) is 33.0 Å². The molecule has 2 aromatic rings. The van der Waals surface area contributed by atoms with Crippen molar-refractivity contribution >= 4 is 21.8 Å². The van der Waals surface area contributed by atoms with Gasteiger partial charge >= 0.3 is 0 Å². The molecule has 2 fully saturated rings. The zero-order valence-corrected chi connectivity index (χ0v) is 16.9. The highest BCUT2D eigenvalue weighted by atomic mass is 79.9. The lowest BCUT2D eigenvalue weighted by atomic mass is 10.1. The number of hydrogen-bond acceptors (Lipinski definition) is 2. The molecular formula is C22H24BrFN2O. The molecule has 2 atom stereocenters. The van der Waals surface area contributed by atoms with Gasteiger partial charge in [0.15, 0.2) is 0 Å². The third-order valence-corrected chi connectivity index (χ3v) is 6.19. The highest BCUT2D eigenvalue weighted by Crippen LogP contribution is 2.48. The summed E-state index contributed by atoms with van der Waals surface area (Å²) in [7, 11) is 0. The fourth-order valence-corrected chi connectivity index (χ4v) is 4.26. The van der Waals surface area contributed by atoms with Crippen LogP contribution < -0.4 is 0 Å². The van der Waals surface area contributed by atoms with Crippen LogP contribution in [-0.2, 0) is 11.3 Å². The summed E-state index contributed by atoms with van der Waals surface area (Å²) in [5, 5.41) is 0. The van der Waals surface area contributed by atoms with Crippen LogP contribution in [0.2, 0.25) is 0 Å². The summed E-state index contributed by atoms with van der Waals surface area (Å²) in [4.78, 5) is 17.2. The lowest BCUT2D eigenvalue weighted by Gasteiger charge is -2.22. The zero-order chi connectivity index (χ0) is 18.8. The van der Waals surface area contributed by atoms with Gasteiger partial charge in [0.25, 0.3) is 0 Å². The summed E-state index contributed by atoms with van der Waals surface area (Å²) in [5.74, 6) is 0.633. The molecule has 4 rings (SSSR count). The fraction of sp³-hybridized carbons (Fsp3) is 0.409. The lowest BCUT2D eigenvalue weighted by molar-refractivity contribution is -0.132. The van der Waals surface area contributed by atoms with Gasteiger partial charge in [-0.25, -0.2) is 4.39 Å². The molecule has 0 aromatic heterocycles. The normalized spacial score (nSPS) is 23.1. The maximum absolute atomic E-state index is 13.9. The van der Waals surface area contributed by atoms with E-state index < -0.39 is 0 Å². The van der Waals surface area contributed by atoms with Gasteiger partial charge in [0.1, 0.15) is 5.82 Å². The van der Waals surface area contributed by atoms with Gasteiger partial charge in [0.2, 0.25) is 5.91 Å². The highest BCUT2D eigenvalue weighted by Gasteiger charge is 2.45. The van der Waals surface area contributed by atoms with E-state index in [-0.39, 0.29) is 17.6 Å². The number of halogens is 2. The standard InChI is InChI=1S/C22H24BrFN2O/c23-18-8-6-16(7-9-18)19-14-20(19)22(27)26-11-3-10-25(12-13-26)15-17-4-1-2-5-21(17)24/h1-2,4-9,19-20H,3,10-15H2. The first-order valence-corrected chi connectivity index (χ1v) is 10.4. The Kier molecular flexibility index (Phi) is 5.60. The van der Waals surface area contributed by atoms with E-state index in [4.69, 9.17) is 0 Å². The molecule has 1 saturated carbocycles. The number of carbonyl (C=O) groups excluding carboxylic acids is 1. The summed E-state index contributed by atoms with van der Waals surface area (Å²) in [6.45, 7) is 3.85. The number of rotatable bonds is 4. The SMILES string of the molecule is O=C(C1CC1c1ccc(Br)cc1)N1CCCN(Cc2ccccc2F)CC1. The first-order chi connectivity index (χ1) is 13.1. The molecule has 5 heteroatoms. The van der Waals surface area contributed by atoms with Crippen LogP contribution in [0, 0.1) is 11.7 Å². The van der Waals surface area contributed by atoms with Crippen LogP contribution >= 0.6 is 15.9 Å². The van der Waals surface area contributed by atoms with Gasteiger partial charge in [-0.1, -0.05) is 46.3 Å². The van der Waals surface area contributed by atoms with Crippen molar-refractivity contribution in [2.24, 2.45) is 5.92 Å². The Bertz CT molecular complexity index is 810. The van der Waals surface area contributed by atoms with E-state index >= 15 is 0 Å². The van der Waals surface area contributed by atoms with Crippen molar-refractivity contribution in [3.8, 4) is 0 Å². The van der Waals surface area contributed by atoms with Gasteiger partial charge in [-0.15, -0.1) is 0 Å². The Morgan fingerprint density at radius 1 is 1.04 bits per heavy atom. The highest BCUT2D eigenvalue weighted by molar-refractivity contribution is 9.10. The van der Waals surface area contributed by atoms with Crippen LogP contribution in [0.3, 0.4) is 0 Å². The predicted molar refractivity (Wildman–Crippen MR) is 108 cm³/mol. The molecular weight excluding hydrogens is 407 g/mol. The quantitative estimate of drug-likeness (QED) is 0.716. The third kappa shape index (κ3) is 4.41. The number of amides is 1. The lowest BCUT2D eigenvalue weighted by Crippen LogP contribution is -2.36. The van der Waals surface area contributed by atoms with Gasteiger partial charge in [0, 0.05) is 48.7 Å². The van der Waals surface area contributed by atoms with Gasteiger partial charge in [-0.2, -0.15) is 0 Å². The number of hydrogen-bond donors (Lipinski definition) is 0. The number of benzene rings is 2. The van der Waals surface area contributed by atoms with Gasteiger partial charge in [-0.3, -0.25) is 9.69 Å². The van der Waals surface area contributed by atoms with Crippen molar-refractivity contribution < 1.29 is 9.18 Å². The Morgan fingerprint density at radius 2 is 1.81 bits per heavy atom. The van der Waals surface area contributed by atoms with Gasteiger partial charge < -0.3 is 4.90 Å². The first kappa shape index (κ1) is 18.6. The molecule has 1 saturated heterocycles. The Labute approximate surface area is 168 Å². The Balaban J connectivity index is 1.32. The van der Waals surface area contributed by atoms with Crippen molar-refractivity contribution in [1.29, 1.82) is 0 Å². The van der Waals surface area contributed by atoms with E-state index in [0.29, 0.717) is 12.5 Å². The molecule has 1 heterocycles. The molecule has 2 unspecified atom stereocenters. The Hall–Kier alpha value is -1.72. The molecule has 27 heavy (non-hydrogen) atoms. The minimum atomic E-state index is -0.148. The molecule has 1 aliphatic heterocycles. The molecule has 0 spiro atoms. The molecule has 3 nitrogen and oxygen atoms in total. The maximum atomic E-state index is 13.9. The van der Waals surface area contributed by atoms with Gasteiger partial charge in [-0.05, 0) is 42.5 Å². The largest absolute Gasteiger partial charge is 0.341 e. The van der Waals surface area contributed by atoms with Crippen LogP contribution in [0.1, 0.15) is 29.9 Å². The van der Waals surface area contributed by atoms with E-state index in [9.17, 15) is 9.18 Å². The summed E-state index contributed by atoms with van der Waals surface area (Å²) < 4.78 is 15.0. The molecule has 1 amide bonds. The smallest absolute Gasteiger partial charge is 0.226 e. The second-order valence-electron chi connectivity index (χ2n) is 7.55. The van der Waals surface area contributed by atoms with Crippen molar-refractivity contribution in [3.63, 3.8) is 0 Å². The molecule has 0 radical (unpaired) electrons. The van der Waals surface area contributed by atoms with Crippen molar-refractivity contribution in [2.45, 2.75) is 25.3 Å². The van der Waals surface area contributed by atoms with Crippen LogP contribution in [0.4, 0.5) is 4.39 Å². The van der Waals surface area contributed by atoms with E-state index in [0.717, 1.165) is 49.1 Å². The zero-order valence-electron chi connectivity index (χ0n) is 15.3.